The van der Waals surface area contributed by atoms with Gasteiger partial charge in [-0.05, 0) is 40.3 Å². The summed E-state index contributed by atoms with van der Waals surface area (Å²) in [7, 11) is 1.61. The molecule has 150 valence electrons. The third kappa shape index (κ3) is 4.27. The first kappa shape index (κ1) is 19.1. The smallest absolute Gasteiger partial charge is 0.270 e. The van der Waals surface area contributed by atoms with E-state index >= 15 is 0 Å². The molecule has 0 atom stereocenters. The van der Waals surface area contributed by atoms with Crippen LogP contribution in [0.4, 0.5) is 0 Å². The van der Waals surface area contributed by atoms with Gasteiger partial charge in [0.15, 0.2) is 5.82 Å². The van der Waals surface area contributed by atoms with E-state index in [4.69, 9.17) is 9.15 Å². The molecule has 0 saturated carbocycles. The fourth-order valence-corrected chi connectivity index (χ4v) is 2.86. The van der Waals surface area contributed by atoms with Crippen LogP contribution in [0.25, 0.3) is 23.2 Å². The number of aromatic nitrogens is 4. The van der Waals surface area contributed by atoms with Crippen LogP contribution in [0, 0.1) is 0 Å². The second-order valence-corrected chi connectivity index (χ2v) is 6.36. The third-order valence-corrected chi connectivity index (χ3v) is 4.40. The molecule has 8 nitrogen and oxygen atoms in total. The van der Waals surface area contributed by atoms with E-state index in [1.54, 1.807) is 25.3 Å². The van der Waals surface area contributed by atoms with Gasteiger partial charge in [-0.25, -0.2) is 0 Å². The first-order valence-electron chi connectivity index (χ1n) is 9.25. The van der Waals surface area contributed by atoms with Crippen LogP contribution in [0.5, 0.6) is 5.75 Å². The summed E-state index contributed by atoms with van der Waals surface area (Å²) in [5, 5.41) is 14.8. The molecule has 0 fully saturated rings. The summed E-state index contributed by atoms with van der Waals surface area (Å²) < 4.78 is 12.0. The number of tetrazole rings is 1. The van der Waals surface area contributed by atoms with Crippen LogP contribution >= 0.6 is 0 Å². The highest BCUT2D eigenvalue weighted by atomic mass is 16.5. The summed E-state index contributed by atoms with van der Waals surface area (Å²) in [6.45, 7) is 0.334. The van der Waals surface area contributed by atoms with Crippen molar-refractivity contribution in [3.05, 3.63) is 84.3 Å². The number of nitrogens with one attached hydrogen (secondary N) is 1. The average Bonchev–Trinajstić information content (AvgIpc) is 3.49. The van der Waals surface area contributed by atoms with E-state index in [0.29, 0.717) is 18.1 Å². The van der Waals surface area contributed by atoms with Crippen molar-refractivity contribution in [3.8, 4) is 17.1 Å². The fourth-order valence-electron chi connectivity index (χ4n) is 2.86. The van der Waals surface area contributed by atoms with Crippen molar-refractivity contribution in [2.75, 3.05) is 7.11 Å². The Hall–Kier alpha value is -4.20. The zero-order valence-electron chi connectivity index (χ0n) is 16.2. The topological polar surface area (TPSA) is 95.1 Å². The maximum Gasteiger partial charge on any atom is 0.270 e. The number of hydrogen-bond acceptors (Lipinski definition) is 6. The van der Waals surface area contributed by atoms with Gasteiger partial charge in [-0.2, -0.15) is 4.68 Å². The minimum atomic E-state index is -0.341. The molecule has 8 heteroatoms. The Bertz CT molecular complexity index is 1130. The Morgan fingerprint density at radius 3 is 2.60 bits per heavy atom. The van der Waals surface area contributed by atoms with Gasteiger partial charge >= 0.3 is 0 Å². The summed E-state index contributed by atoms with van der Waals surface area (Å²) in [6, 6.07) is 20.4. The summed E-state index contributed by atoms with van der Waals surface area (Å²) in [5.41, 5.74) is 1.96. The van der Waals surface area contributed by atoms with Crippen LogP contribution in [0.15, 0.2) is 77.4 Å². The molecule has 0 aliphatic rings. The lowest BCUT2D eigenvalue weighted by Gasteiger charge is -2.11. The number of furan rings is 1. The summed E-state index contributed by atoms with van der Waals surface area (Å²) in [4.78, 5) is 13.1. The van der Waals surface area contributed by atoms with Gasteiger partial charge in [0.1, 0.15) is 17.2 Å². The molecular weight excluding hydrogens is 382 g/mol. The molecule has 0 bridgehead atoms. The summed E-state index contributed by atoms with van der Waals surface area (Å²) in [6.07, 6.45) is 3.14. The molecule has 30 heavy (non-hydrogen) atoms. The van der Waals surface area contributed by atoms with E-state index in [1.807, 2.05) is 54.6 Å². The fraction of sp³-hybridized carbons (Fsp3) is 0.0909. The van der Waals surface area contributed by atoms with Gasteiger partial charge in [0.05, 0.1) is 13.4 Å². The van der Waals surface area contributed by atoms with Gasteiger partial charge in [0, 0.05) is 18.2 Å². The predicted molar refractivity (Wildman–Crippen MR) is 111 cm³/mol. The SMILES string of the molecule is COc1ccc(CNC(=O)/C(=C\c2ccco2)n2nnnc2-c2ccccc2)cc1. The molecule has 4 rings (SSSR count). The van der Waals surface area contributed by atoms with Crippen LogP contribution in [0.3, 0.4) is 0 Å². The zero-order chi connectivity index (χ0) is 20.8. The first-order chi connectivity index (χ1) is 14.7. The third-order valence-electron chi connectivity index (χ3n) is 4.40. The molecular formula is C22H19N5O3. The maximum atomic E-state index is 13.1. The van der Waals surface area contributed by atoms with Crippen LogP contribution in [-0.2, 0) is 11.3 Å². The van der Waals surface area contributed by atoms with E-state index in [0.717, 1.165) is 16.9 Å². The van der Waals surface area contributed by atoms with Crippen LogP contribution in [0.2, 0.25) is 0 Å². The quantitative estimate of drug-likeness (QED) is 0.478. The first-order valence-corrected chi connectivity index (χ1v) is 9.25. The van der Waals surface area contributed by atoms with Gasteiger partial charge in [-0.1, -0.05) is 42.5 Å². The van der Waals surface area contributed by atoms with Crippen LogP contribution < -0.4 is 10.1 Å². The number of rotatable bonds is 7. The Kier molecular flexibility index (Phi) is 5.66. The minimum absolute atomic E-state index is 0.238. The minimum Gasteiger partial charge on any atom is -0.497 e. The zero-order valence-corrected chi connectivity index (χ0v) is 16.2. The van der Waals surface area contributed by atoms with Crippen molar-refractivity contribution >= 4 is 17.7 Å². The highest BCUT2D eigenvalue weighted by Crippen LogP contribution is 2.21. The van der Waals surface area contributed by atoms with E-state index in [2.05, 4.69) is 20.8 Å². The number of ether oxygens (including phenoxy) is 1. The Morgan fingerprint density at radius 1 is 1.10 bits per heavy atom. The van der Waals surface area contributed by atoms with Crippen LogP contribution in [0.1, 0.15) is 11.3 Å². The number of nitrogens with zero attached hydrogens (tertiary/aromatic N) is 4. The molecule has 1 N–H and O–H groups in total. The highest BCUT2D eigenvalue weighted by Gasteiger charge is 2.19. The lowest BCUT2D eigenvalue weighted by atomic mass is 10.2. The monoisotopic (exact) mass is 401 g/mol. The number of hydrogen-bond donors (Lipinski definition) is 1. The van der Waals surface area contributed by atoms with Gasteiger partial charge < -0.3 is 14.5 Å². The van der Waals surface area contributed by atoms with Gasteiger partial charge in [-0.3, -0.25) is 4.79 Å². The second kappa shape index (κ2) is 8.87. The van der Waals surface area contributed by atoms with Crippen molar-refractivity contribution in [2.45, 2.75) is 6.54 Å². The molecule has 2 heterocycles. The van der Waals surface area contributed by atoms with Crippen LogP contribution in [-0.4, -0.2) is 33.2 Å². The maximum absolute atomic E-state index is 13.1. The largest absolute Gasteiger partial charge is 0.497 e. The van der Waals surface area contributed by atoms with Gasteiger partial charge in [0.2, 0.25) is 0 Å². The molecule has 4 aromatic rings. The summed E-state index contributed by atoms with van der Waals surface area (Å²) in [5.74, 6) is 1.38. The van der Waals surface area contributed by atoms with E-state index in [1.165, 1.54) is 10.9 Å². The normalized spacial score (nSPS) is 11.3. The molecule has 0 radical (unpaired) electrons. The molecule has 1 amide bonds. The van der Waals surface area contributed by atoms with Gasteiger partial charge in [-0.15, -0.1) is 5.10 Å². The Labute approximate surface area is 172 Å². The number of amides is 1. The average molecular weight is 401 g/mol. The van der Waals surface area contributed by atoms with Crippen molar-refractivity contribution < 1.29 is 13.9 Å². The molecule has 0 unspecified atom stereocenters. The summed E-state index contributed by atoms with van der Waals surface area (Å²) >= 11 is 0. The molecule has 0 spiro atoms. The van der Waals surface area contributed by atoms with Gasteiger partial charge in [0.25, 0.3) is 5.91 Å². The van der Waals surface area contributed by atoms with Crippen molar-refractivity contribution in [1.82, 2.24) is 25.5 Å². The van der Waals surface area contributed by atoms with Crippen molar-refractivity contribution in [2.24, 2.45) is 0 Å². The standard InChI is InChI=1S/C22H19N5O3/c1-29-18-11-9-16(10-12-18)15-23-22(28)20(14-19-8-5-13-30-19)27-21(24-25-26-27)17-6-3-2-4-7-17/h2-14H,15H2,1H3,(H,23,28)/b20-14+. The Balaban J connectivity index is 1.63. The molecule has 2 aromatic heterocycles. The number of carbonyl (C=O) groups is 1. The second-order valence-electron chi connectivity index (χ2n) is 6.36. The van der Waals surface area contributed by atoms with Crippen molar-refractivity contribution in [1.29, 1.82) is 0 Å². The highest BCUT2D eigenvalue weighted by molar-refractivity contribution is 6.18. The van der Waals surface area contributed by atoms with Crippen molar-refractivity contribution in [3.63, 3.8) is 0 Å². The number of benzene rings is 2. The number of carbonyl (C=O) groups excluding carboxylic acids is 1. The predicted octanol–water partition coefficient (Wildman–Crippen LogP) is 3.26. The number of methoxy groups -OCH3 is 1. The molecule has 0 aliphatic carbocycles. The molecule has 0 saturated heterocycles. The Morgan fingerprint density at radius 2 is 1.90 bits per heavy atom. The van der Waals surface area contributed by atoms with E-state index in [9.17, 15) is 4.79 Å². The lowest BCUT2D eigenvalue weighted by molar-refractivity contribution is -0.116. The molecule has 2 aromatic carbocycles. The lowest BCUT2D eigenvalue weighted by Crippen LogP contribution is -2.27. The van der Waals surface area contributed by atoms with E-state index < -0.39 is 0 Å². The molecule has 0 aliphatic heterocycles. The van der Waals surface area contributed by atoms with E-state index in [-0.39, 0.29) is 11.6 Å².